The lowest BCUT2D eigenvalue weighted by Crippen LogP contribution is -2.27. The van der Waals surface area contributed by atoms with E-state index in [9.17, 15) is 20.0 Å². The number of aromatic nitrogens is 4. The van der Waals surface area contributed by atoms with Gasteiger partial charge in [0.1, 0.15) is 35.0 Å². The Kier molecular flexibility index (Phi) is 6.75. The van der Waals surface area contributed by atoms with E-state index >= 15 is 0 Å². The smallest absolute Gasteiger partial charge is 0.338 e. The van der Waals surface area contributed by atoms with Crippen molar-refractivity contribution in [3.05, 3.63) is 79.0 Å². The summed E-state index contributed by atoms with van der Waals surface area (Å²) >= 11 is 13.6. The summed E-state index contributed by atoms with van der Waals surface area (Å²) < 4.78 is 8.23. The number of hydrogen-bond donors (Lipinski definition) is 1. The number of ether oxygens (including phenoxy) is 1. The van der Waals surface area contributed by atoms with Gasteiger partial charge < -0.3 is 9.84 Å². The molecule has 1 aromatic carbocycles. The molecule has 0 aliphatic carbocycles. The van der Waals surface area contributed by atoms with Crippen molar-refractivity contribution < 1.29 is 14.6 Å². The van der Waals surface area contributed by atoms with E-state index < -0.39 is 11.5 Å². The number of nitriles is 1. The van der Waals surface area contributed by atoms with Crippen LogP contribution in [0.15, 0.2) is 40.6 Å². The second-order valence-electron chi connectivity index (χ2n) is 8.34. The molecule has 4 heterocycles. The van der Waals surface area contributed by atoms with E-state index in [0.29, 0.717) is 43.6 Å². The predicted molar refractivity (Wildman–Crippen MR) is 146 cm³/mol. The molecule has 0 spiro atoms. The molecule has 0 aliphatic heterocycles. The Morgan fingerprint density at radius 3 is 2.74 bits per heavy atom. The average molecular weight is 566 g/mol. The van der Waals surface area contributed by atoms with Gasteiger partial charge in [-0.05, 0) is 38.1 Å². The maximum Gasteiger partial charge on any atom is 0.338 e. The zero-order chi connectivity index (χ0) is 27.1. The second kappa shape index (κ2) is 10.0. The van der Waals surface area contributed by atoms with Crippen LogP contribution in [0.1, 0.15) is 27.4 Å². The standard InChI is InChI=1S/C26H17Cl2N5O4S/c1-12-7-16(23-22(31-12)18(11-38-23)26(35)36)15-8-14(27)3-4-20(15)37-6-5-33-13(2)32-19-10-30-24(28)17(9-29)21(19)25(33)34/h3-4,7-8,10-11H,5-6H2,1-2H3,(H,35,36). The van der Waals surface area contributed by atoms with Crippen molar-refractivity contribution >= 4 is 61.6 Å². The van der Waals surface area contributed by atoms with Gasteiger partial charge >= 0.3 is 5.97 Å². The van der Waals surface area contributed by atoms with Crippen LogP contribution in [0.4, 0.5) is 0 Å². The molecule has 5 rings (SSSR count). The lowest BCUT2D eigenvalue weighted by atomic mass is 10.0. The highest BCUT2D eigenvalue weighted by Gasteiger charge is 2.20. The van der Waals surface area contributed by atoms with Gasteiger partial charge in [0.05, 0.1) is 39.4 Å². The number of carbonyl (C=O) groups is 1. The minimum Gasteiger partial charge on any atom is -0.491 e. The minimum atomic E-state index is -1.05. The van der Waals surface area contributed by atoms with E-state index in [2.05, 4.69) is 15.0 Å². The lowest BCUT2D eigenvalue weighted by molar-refractivity contribution is 0.0699. The number of thiophene rings is 1. The molecule has 38 heavy (non-hydrogen) atoms. The Morgan fingerprint density at radius 1 is 1.21 bits per heavy atom. The molecule has 0 unspecified atom stereocenters. The normalized spacial score (nSPS) is 11.1. The summed E-state index contributed by atoms with van der Waals surface area (Å²) in [4.78, 5) is 37.7. The van der Waals surface area contributed by atoms with Crippen LogP contribution in [0.3, 0.4) is 0 Å². The molecular formula is C26H17Cl2N5O4S. The third-order valence-corrected chi connectivity index (χ3v) is 7.47. The average Bonchev–Trinajstić information content (AvgIpc) is 3.30. The first-order chi connectivity index (χ1) is 18.2. The summed E-state index contributed by atoms with van der Waals surface area (Å²) in [6.45, 7) is 3.72. The van der Waals surface area contributed by atoms with Crippen molar-refractivity contribution in [1.29, 1.82) is 5.26 Å². The topological polar surface area (TPSA) is 131 Å². The van der Waals surface area contributed by atoms with Crippen molar-refractivity contribution in [1.82, 2.24) is 19.5 Å². The molecule has 0 amide bonds. The van der Waals surface area contributed by atoms with Gasteiger partial charge in [-0.3, -0.25) is 14.3 Å². The van der Waals surface area contributed by atoms with Crippen LogP contribution >= 0.6 is 34.5 Å². The van der Waals surface area contributed by atoms with Gasteiger partial charge in [-0.1, -0.05) is 23.2 Å². The van der Waals surface area contributed by atoms with Crippen LogP contribution in [-0.4, -0.2) is 37.2 Å². The number of pyridine rings is 2. The maximum atomic E-state index is 13.3. The zero-order valence-corrected chi connectivity index (χ0v) is 22.3. The first-order valence-electron chi connectivity index (χ1n) is 11.2. The molecule has 0 radical (unpaired) electrons. The van der Waals surface area contributed by atoms with Gasteiger partial charge in [0, 0.05) is 27.2 Å². The molecular weight excluding hydrogens is 549 g/mol. The summed E-state index contributed by atoms with van der Waals surface area (Å²) in [5.74, 6) is -0.123. The fraction of sp³-hybridized carbons (Fsp3) is 0.154. The van der Waals surface area contributed by atoms with Crippen molar-refractivity contribution in [3.63, 3.8) is 0 Å². The number of hydrogen-bond acceptors (Lipinski definition) is 8. The highest BCUT2D eigenvalue weighted by atomic mass is 35.5. The third kappa shape index (κ3) is 4.45. The number of rotatable bonds is 6. The second-order valence-corrected chi connectivity index (χ2v) is 10.0. The van der Waals surface area contributed by atoms with Crippen molar-refractivity contribution in [3.8, 4) is 22.9 Å². The molecule has 9 nitrogen and oxygen atoms in total. The molecule has 0 atom stereocenters. The van der Waals surface area contributed by atoms with Gasteiger partial charge in [-0.2, -0.15) is 5.26 Å². The first kappa shape index (κ1) is 25.6. The molecule has 4 aromatic heterocycles. The Labute approximate surface area is 229 Å². The number of aromatic carboxylic acids is 1. The molecule has 190 valence electrons. The summed E-state index contributed by atoms with van der Waals surface area (Å²) in [5.41, 5.74) is 2.43. The molecule has 0 fully saturated rings. The molecule has 0 saturated carbocycles. The summed E-state index contributed by atoms with van der Waals surface area (Å²) in [5, 5.41) is 21.1. The van der Waals surface area contributed by atoms with Crippen LogP contribution in [0, 0.1) is 25.2 Å². The van der Waals surface area contributed by atoms with Gasteiger partial charge in [0.2, 0.25) is 0 Å². The molecule has 0 saturated heterocycles. The highest BCUT2D eigenvalue weighted by molar-refractivity contribution is 7.18. The Balaban J connectivity index is 1.52. The van der Waals surface area contributed by atoms with Crippen molar-refractivity contribution in [2.24, 2.45) is 0 Å². The summed E-state index contributed by atoms with van der Waals surface area (Å²) in [6.07, 6.45) is 1.37. The predicted octanol–water partition coefficient (Wildman–Crippen LogP) is 5.64. The van der Waals surface area contributed by atoms with E-state index in [1.54, 1.807) is 37.4 Å². The molecule has 5 aromatic rings. The van der Waals surface area contributed by atoms with E-state index in [1.807, 2.05) is 12.1 Å². The molecule has 0 aliphatic rings. The number of carboxylic acids is 1. The Bertz CT molecular complexity index is 1880. The van der Waals surface area contributed by atoms with E-state index in [0.717, 1.165) is 5.56 Å². The fourth-order valence-electron chi connectivity index (χ4n) is 4.24. The minimum absolute atomic E-state index is 0.0231. The lowest BCUT2D eigenvalue weighted by Gasteiger charge is -2.15. The Hall–Kier alpha value is -4.04. The fourth-order valence-corrected chi connectivity index (χ4v) is 5.60. The summed E-state index contributed by atoms with van der Waals surface area (Å²) in [7, 11) is 0. The van der Waals surface area contributed by atoms with E-state index in [-0.39, 0.29) is 34.8 Å². The highest BCUT2D eigenvalue weighted by Crippen LogP contribution is 2.40. The molecule has 1 N–H and O–H groups in total. The van der Waals surface area contributed by atoms with Crippen LogP contribution in [-0.2, 0) is 6.54 Å². The summed E-state index contributed by atoms with van der Waals surface area (Å²) in [6, 6.07) is 8.94. The number of benzene rings is 1. The SMILES string of the molecule is Cc1cc(-c2cc(Cl)ccc2OCCn2c(C)nc3cnc(Cl)c(C#N)c3c2=O)c2scc(C(=O)O)c2n1. The largest absolute Gasteiger partial charge is 0.491 e. The molecule has 0 bridgehead atoms. The Morgan fingerprint density at radius 2 is 2.00 bits per heavy atom. The number of aryl methyl sites for hydroxylation is 2. The zero-order valence-electron chi connectivity index (χ0n) is 20.0. The number of halogens is 2. The van der Waals surface area contributed by atoms with Crippen LogP contribution in [0.25, 0.3) is 32.2 Å². The van der Waals surface area contributed by atoms with Gasteiger partial charge in [0.15, 0.2) is 0 Å². The van der Waals surface area contributed by atoms with E-state index in [1.165, 1.54) is 22.1 Å². The van der Waals surface area contributed by atoms with Crippen LogP contribution in [0.5, 0.6) is 5.75 Å². The maximum absolute atomic E-state index is 13.3. The van der Waals surface area contributed by atoms with E-state index in [4.69, 9.17) is 27.9 Å². The number of nitrogens with zero attached hydrogens (tertiary/aromatic N) is 5. The van der Waals surface area contributed by atoms with Gasteiger partial charge in [0.25, 0.3) is 5.56 Å². The van der Waals surface area contributed by atoms with Crippen LogP contribution < -0.4 is 10.3 Å². The van der Waals surface area contributed by atoms with Crippen molar-refractivity contribution in [2.45, 2.75) is 20.4 Å². The van der Waals surface area contributed by atoms with Crippen molar-refractivity contribution in [2.75, 3.05) is 6.61 Å². The van der Waals surface area contributed by atoms with Gasteiger partial charge in [-0.25, -0.2) is 14.8 Å². The molecule has 12 heteroatoms. The first-order valence-corrected chi connectivity index (χ1v) is 12.8. The number of fused-ring (bicyclic) bond motifs is 2. The monoisotopic (exact) mass is 565 g/mol. The van der Waals surface area contributed by atoms with Gasteiger partial charge in [-0.15, -0.1) is 11.3 Å². The third-order valence-electron chi connectivity index (χ3n) is 5.94. The van der Waals surface area contributed by atoms with Crippen LogP contribution in [0.2, 0.25) is 10.2 Å². The quantitative estimate of drug-likeness (QED) is 0.261. The number of carboxylic acid groups (broad SMARTS) is 1.